The van der Waals surface area contributed by atoms with Crippen LogP contribution in [0.25, 0.3) is 0 Å². The summed E-state index contributed by atoms with van der Waals surface area (Å²) < 4.78 is 0. The van der Waals surface area contributed by atoms with Crippen LogP contribution in [0.15, 0.2) is 12.4 Å². The standard InChI is InChI=1S/C12H19N5O2/c1-2-7-19-17-5-3-16(4-6-17)11-9-14-10(8-15-11)12(13)18/h8-9H,2-7H2,1H3,(H2,13,18). The Morgan fingerprint density at radius 1 is 1.32 bits per heavy atom. The average Bonchev–Trinajstić information content (AvgIpc) is 2.46. The Bertz CT molecular complexity index is 415. The molecule has 1 aromatic heterocycles. The molecule has 1 saturated heterocycles. The Balaban J connectivity index is 1.88. The molecule has 1 fully saturated rings. The maximum Gasteiger partial charge on any atom is 0.268 e. The maximum absolute atomic E-state index is 10.9. The molecule has 2 N–H and O–H groups in total. The third-order valence-corrected chi connectivity index (χ3v) is 2.93. The smallest absolute Gasteiger partial charge is 0.268 e. The van der Waals surface area contributed by atoms with Crippen LogP contribution in [-0.2, 0) is 4.84 Å². The van der Waals surface area contributed by atoms with Crippen LogP contribution >= 0.6 is 0 Å². The van der Waals surface area contributed by atoms with Crippen LogP contribution in [0.2, 0.25) is 0 Å². The van der Waals surface area contributed by atoms with E-state index in [9.17, 15) is 4.79 Å². The van der Waals surface area contributed by atoms with E-state index in [1.807, 2.05) is 5.06 Å². The van der Waals surface area contributed by atoms with Gasteiger partial charge in [0.2, 0.25) is 0 Å². The van der Waals surface area contributed by atoms with Crippen molar-refractivity contribution >= 4 is 11.7 Å². The van der Waals surface area contributed by atoms with Gasteiger partial charge < -0.3 is 10.6 Å². The van der Waals surface area contributed by atoms with Crippen LogP contribution in [0.3, 0.4) is 0 Å². The highest BCUT2D eigenvalue weighted by molar-refractivity contribution is 5.90. The second kappa shape index (κ2) is 6.44. The fourth-order valence-electron chi connectivity index (χ4n) is 1.88. The first kappa shape index (κ1) is 13.7. The summed E-state index contributed by atoms with van der Waals surface area (Å²) in [6.45, 7) is 6.17. The summed E-state index contributed by atoms with van der Waals surface area (Å²) in [5, 5.41) is 1.98. The molecule has 1 aliphatic heterocycles. The molecule has 0 radical (unpaired) electrons. The van der Waals surface area contributed by atoms with Gasteiger partial charge in [0, 0.05) is 26.2 Å². The minimum absolute atomic E-state index is 0.189. The number of aromatic nitrogens is 2. The van der Waals surface area contributed by atoms with Crippen LogP contribution < -0.4 is 10.6 Å². The predicted molar refractivity (Wildman–Crippen MR) is 70.6 cm³/mol. The van der Waals surface area contributed by atoms with Crippen LogP contribution in [0.1, 0.15) is 23.8 Å². The summed E-state index contributed by atoms with van der Waals surface area (Å²) in [4.78, 5) is 26.8. The van der Waals surface area contributed by atoms with Crippen molar-refractivity contribution in [2.24, 2.45) is 5.73 Å². The number of carbonyl (C=O) groups is 1. The molecule has 0 saturated carbocycles. The molecule has 104 valence electrons. The molecule has 2 rings (SSSR count). The third-order valence-electron chi connectivity index (χ3n) is 2.93. The number of primary amides is 1. The van der Waals surface area contributed by atoms with Crippen LogP contribution in [-0.4, -0.2) is 53.7 Å². The van der Waals surface area contributed by atoms with Crippen molar-refractivity contribution in [2.45, 2.75) is 13.3 Å². The molecule has 7 nitrogen and oxygen atoms in total. The molecule has 0 aromatic carbocycles. The van der Waals surface area contributed by atoms with Crippen molar-refractivity contribution in [3.8, 4) is 0 Å². The highest BCUT2D eigenvalue weighted by Crippen LogP contribution is 2.12. The van der Waals surface area contributed by atoms with Gasteiger partial charge in [-0.25, -0.2) is 9.97 Å². The van der Waals surface area contributed by atoms with Gasteiger partial charge in [-0.15, -0.1) is 0 Å². The van der Waals surface area contributed by atoms with E-state index in [1.54, 1.807) is 6.20 Å². The van der Waals surface area contributed by atoms with Gasteiger partial charge in [0.1, 0.15) is 11.5 Å². The molecule has 7 heteroatoms. The number of nitrogens with zero attached hydrogens (tertiary/aromatic N) is 4. The molecule has 1 amide bonds. The minimum Gasteiger partial charge on any atom is -0.364 e. The van der Waals surface area contributed by atoms with E-state index < -0.39 is 5.91 Å². The summed E-state index contributed by atoms with van der Waals surface area (Å²) in [6, 6.07) is 0. The number of rotatable bonds is 5. The number of hydroxylamine groups is 2. The number of amides is 1. The summed E-state index contributed by atoms with van der Waals surface area (Å²) in [5.41, 5.74) is 5.32. The fraction of sp³-hybridized carbons (Fsp3) is 0.583. The SMILES string of the molecule is CCCON1CCN(c2cnc(C(N)=O)cn2)CC1. The van der Waals surface area contributed by atoms with Gasteiger partial charge >= 0.3 is 0 Å². The third kappa shape index (κ3) is 3.62. The van der Waals surface area contributed by atoms with Crippen molar-refractivity contribution in [1.82, 2.24) is 15.0 Å². The number of nitrogens with two attached hydrogens (primary N) is 1. The lowest BCUT2D eigenvalue weighted by atomic mass is 10.3. The molecule has 0 unspecified atom stereocenters. The Kier molecular flexibility index (Phi) is 4.64. The second-order valence-corrected chi connectivity index (χ2v) is 4.37. The highest BCUT2D eigenvalue weighted by Gasteiger charge is 2.18. The number of anilines is 1. The molecule has 0 spiro atoms. The van der Waals surface area contributed by atoms with Gasteiger partial charge in [0.15, 0.2) is 0 Å². The summed E-state index contributed by atoms with van der Waals surface area (Å²) in [7, 11) is 0. The average molecular weight is 265 g/mol. The molecule has 0 atom stereocenters. The zero-order valence-electron chi connectivity index (χ0n) is 11.1. The first-order chi connectivity index (χ1) is 9.20. The van der Waals surface area contributed by atoms with Crippen molar-refractivity contribution < 1.29 is 9.63 Å². The first-order valence-electron chi connectivity index (χ1n) is 6.45. The molecule has 2 heterocycles. The van der Waals surface area contributed by atoms with Crippen LogP contribution in [0, 0.1) is 0 Å². The molecular weight excluding hydrogens is 246 g/mol. The molecular formula is C12H19N5O2. The number of piperazine rings is 1. The Morgan fingerprint density at radius 2 is 2.05 bits per heavy atom. The van der Waals surface area contributed by atoms with E-state index in [-0.39, 0.29) is 5.69 Å². The highest BCUT2D eigenvalue weighted by atomic mass is 16.7. The van der Waals surface area contributed by atoms with Gasteiger partial charge in [-0.05, 0) is 6.42 Å². The monoisotopic (exact) mass is 265 g/mol. The van der Waals surface area contributed by atoms with E-state index in [0.717, 1.165) is 45.0 Å². The van der Waals surface area contributed by atoms with E-state index >= 15 is 0 Å². The fourth-order valence-corrected chi connectivity index (χ4v) is 1.88. The van der Waals surface area contributed by atoms with Gasteiger partial charge in [0.05, 0.1) is 19.0 Å². The van der Waals surface area contributed by atoms with Crippen LogP contribution in [0.4, 0.5) is 5.82 Å². The zero-order chi connectivity index (χ0) is 13.7. The Hall–Kier alpha value is -1.73. The lowest BCUT2D eigenvalue weighted by Crippen LogP contribution is -2.46. The largest absolute Gasteiger partial charge is 0.364 e. The van der Waals surface area contributed by atoms with E-state index in [1.165, 1.54) is 6.20 Å². The Labute approximate surface area is 112 Å². The normalized spacial score (nSPS) is 16.6. The predicted octanol–water partition coefficient (Wildman–Crippen LogP) is 0.0391. The van der Waals surface area contributed by atoms with Gasteiger partial charge in [0.25, 0.3) is 5.91 Å². The second-order valence-electron chi connectivity index (χ2n) is 4.37. The lowest BCUT2D eigenvalue weighted by Gasteiger charge is -2.34. The summed E-state index contributed by atoms with van der Waals surface area (Å²) >= 11 is 0. The minimum atomic E-state index is -0.558. The van der Waals surface area contributed by atoms with Crippen LogP contribution in [0.5, 0.6) is 0 Å². The first-order valence-corrected chi connectivity index (χ1v) is 6.45. The molecule has 19 heavy (non-hydrogen) atoms. The lowest BCUT2D eigenvalue weighted by molar-refractivity contribution is -0.161. The van der Waals surface area contributed by atoms with Crippen molar-refractivity contribution in [2.75, 3.05) is 37.7 Å². The number of carbonyl (C=O) groups excluding carboxylic acids is 1. The quantitative estimate of drug-likeness (QED) is 0.809. The van der Waals surface area contributed by atoms with Gasteiger partial charge in [-0.3, -0.25) is 9.63 Å². The van der Waals surface area contributed by atoms with Crippen molar-refractivity contribution in [1.29, 1.82) is 0 Å². The van der Waals surface area contributed by atoms with Gasteiger partial charge in [-0.2, -0.15) is 5.06 Å². The van der Waals surface area contributed by atoms with Crippen molar-refractivity contribution in [3.05, 3.63) is 18.1 Å². The van der Waals surface area contributed by atoms with Crippen molar-refractivity contribution in [3.63, 3.8) is 0 Å². The topological polar surface area (TPSA) is 84.6 Å². The van der Waals surface area contributed by atoms with Gasteiger partial charge in [-0.1, -0.05) is 6.92 Å². The number of hydrogen-bond acceptors (Lipinski definition) is 6. The molecule has 0 aliphatic carbocycles. The van der Waals surface area contributed by atoms with E-state index in [2.05, 4.69) is 21.8 Å². The summed E-state index contributed by atoms with van der Waals surface area (Å²) in [6.07, 6.45) is 4.01. The molecule has 0 bridgehead atoms. The zero-order valence-corrected chi connectivity index (χ0v) is 11.1. The maximum atomic E-state index is 10.9. The Morgan fingerprint density at radius 3 is 2.58 bits per heavy atom. The molecule has 1 aromatic rings. The molecule has 1 aliphatic rings. The summed E-state index contributed by atoms with van der Waals surface area (Å²) in [5.74, 6) is 0.206. The number of hydrogen-bond donors (Lipinski definition) is 1. The van der Waals surface area contributed by atoms with E-state index in [0.29, 0.717) is 0 Å². The van der Waals surface area contributed by atoms with E-state index in [4.69, 9.17) is 10.6 Å².